The van der Waals surface area contributed by atoms with Gasteiger partial charge < -0.3 is 15.3 Å². The average molecular weight is 1240 g/mol. The molecule has 10 rings (SSSR count). The van der Waals surface area contributed by atoms with E-state index in [9.17, 15) is 63.7 Å². The number of carbonyl (C=O) groups is 3. The van der Waals surface area contributed by atoms with Crippen molar-refractivity contribution in [3.8, 4) is 0 Å². The lowest BCUT2D eigenvalue weighted by Gasteiger charge is -2.14. The molecule has 6 N–H and O–H groups in total. The minimum Gasteiger partial charge on any atom is -0.478 e. The fraction of sp³-hybridized carbons (Fsp3) is 0.103. The molecule has 20 heteroatoms. The van der Waals surface area contributed by atoms with E-state index in [1.165, 1.54) is 12.1 Å². The summed E-state index contributed by atoms with van der Waals surface area (Å²) in [7, 11) is -11.8. The summed E-state index contributed by atoms with van der Waals surface area (Å²) in [5.74, 6) is -5.05. The number of aromatic carboxylic acids is 3. The number of sulfonamides is 3. The number of carboxylic acids is 3. The predicted molar refractivity (Wildman–Crippen MR) is 336 cm³/mol. The van der Waals surface area contributed by atoms with Crippen molar-refractivity contribution >= 4 is 75.8 Å². The van der Waals surface area contributed by atoms with Crippen LogP contribution in [0.5, 0.6) is 0 Å². The van der Waals surface area contributed by atoms with Crippen LogP contribution < -0.4 is 14.2 Å². The molecule has 0 bridgehead atoms. The first-order valence-corrected chi connectivity index (χ1v) is 31.8. The van der Waals surface area contributed by atoms with Crippen LogP contribution in [0.3, 0.4) is 0 Å². The Bertz CT molecular complexity index is 4520. The van der Waals surface area contributed by atoms with Gasteiger partial charge in [0.2, 0.25) is 0 Å². The fourth-order valence-electron chi connectivity index (χ4n) is 9.61. The molecule has 0 aliphatic rings. The van der Waals surface area contributed by atoms with Gasteiger partial charge in [-0.15, -0.1) is 0 Å². The van der Waals surface area contributed by atoms with Gasteiger partial charge in [-0.25, -0.2) is 48.4 Å². The van der Waals surface area contributed by atoms with E-state index in [0.717, 1.165) is 34.2 Å². The second-order valence-electron chi connectivity index (χ2n) is 20.0. The maximum absolute atomic E-state index is 13.9. The Kier molecular flexibility index (Phi) is 21.0. The summed E-state index contributed by atoms with van der Waals surface area (Å²) in [4.78, 5) is 33.9. The molecule has 450 valence electrons. The Morgan fingerprint density at radius 3 is 1.12 bits per heavy atom. The van der Waals surface area contributed by atoms with Crippen LogP contribution in [-0.4, -0.2) is 58.5 Å². The number of hydrogen-bond donors (Lipinski definition) is 6. The van der Waals surface area contributed by atoms with Crippen molar-refractivity contribution in [2.24, 2.45) is 0 Å². The molecule has 0 saturated carbocycles. The SMILES string of the molecule is Cc1ccc(S(=O)(=O)Nc2ccccc2CCc2ccccc2C(=O)O)cc1.O=C(O)c1ccccc1CCc1ccccc1NS(=O)(=O)c1ccc(F)cc1F.O=C(O)c1ccccc1CCc1ccccc1NS(=O)(=O)c1cccc2ccccc12. The first kappa shape index (κ1) is 64.0. The molecule has 0 fully saturated rings. The molecule has 0 spiro atoms. The van der Waals surface area contributed by atoms with Gasteiger partial charge in [-0.05, 0) is 151 Å². The van der Waals surface area contributed by atoms with Gasteiger partial charge in [0.15, 0.2) is 0 Å². The smallest absolute Gasteiger partial charge is 0.335 e. The number of fused-ring (bicyclic) bond motifs is 1. The van der Waals surface area contributed by atoms with E-state index in [1.807, 2.05) is 55.5 Å². The van der Waals surface area contributed by atoms with Gasteiger partial charge in [0, 0.05) is 11.5 Å². The summed E-state index contributed by atoms with van der Waals surface area (Å²) in [6.45, 7) is 1.90. The number of anilines is 3. The van der Waals surface area contributed by atoms with Crippen molar-refractivity contribution in [1.82, 2.24) is 0 Å². The third-order valence-electron chi connectivity index (χ3n) is 14.1. The maximum Gasteiger partial charge on any atom is 0.335 e. The summed E-state index contributed by atoms with van der Waals surface area (Å²) < 4.78 is 112. The Morgan fingerprint density at radius 2 is 0.705 bits per heavy atom. The average Bonchev–Trinajstić information content (AvgIpc) is 1.33. The van der Waals surface area contributed by atoms with E-state index in [4.69, 9.17) is 0 Å². The fourth-order valence-corrected chi connectivity index (χ4v) is 13.2. The van der Waals surface area contributed by atoms with E-state index in [2.05, 4.69) is 14.2 Å². The summed E-state index contributed by atoms with van der Waals surface area (Å²) in [5, 5.41) is 29.5. The topological polar surface area (TPSA) is 250 Å². The Morgan fingerprint density at radius 1 is 0.364 bits per heavy atom. The second-order valence-corrected chi connectivity index (χ2v) is 25.0. The molecule has 0 heterocycles. The van der Waals surface area contributed by atoms with Crippen LogP contribution in [0.4, 0.5) is 25.8 Å². The first-order chi connectivity index (χ1) is 42.1. The van der Waals surface area contributed by atoms with Crippen LogP contribution in [0.25, 0.3) is 10.8 Å². The lowest BCUT2D eigenvalue weighted by Crippen LogP contribution is -2.16. The number of halogens is 2. The number of nitrogens with one attached hydrogen (secondary N) is 3. The summed E-state index contributed by atoms with van der Waals surface area (Å²) in [6, 6.07) is 62.6. The van der Waals surface area contributed by atoms with Crippen LogP contribution in [0.15, 0.2) is 245 Å². The third kappa shape index (κ3) is 16.7. The van der Waals surface area contributed by atoms with Crippen LogP contribution >= 0.6 is 0 Å². The molecule has 10 aromatic rings. The number of benzene rings is 10. The number of para-hydroxylation sites is 3. The summed E-state index contributed by atoms with van der Waals surface area (Å²) >= 11 is 0. The zero-order valence-electron chi connectivity index (χ0n) is 47.2. The van der Waals surface area contributed by atoms with E-state index in [-0.39, 0.29) is 32.2 Å². The molecule has 0 aliphatic heterocycles. The lowest BCUT2D eigenvalue weighted by molar-refractivity contribution is 0.0684. The lowest BCUT2D eigenvalue weighted by atomic mass is 9.99. The molecule has 88 heavy (non-hydrogen) atoms. The maximum atomic E-state index is 13.9. The monoisotopic (exact) mass is 1240 g/mol. The molecular weight excluding hydrogens is 1180 g/mol. The molecule has 0 amide bonds. The van der Waals surface area contributed by atoms with Crippen molar-refractivity contribution < 1.29 is 63.7 Å². The Hall–Kier alpha value is -10.0. The van der Waals surface area contributed by atoms with Gasteiger partial charge in [0.1, 0.15) is 16.5 Å². The highest BCUT2D eigenvalue weighted by atomic mass is 32.2. The number of rotatable bonds is 21. The van der Waals surface area contributed by atoms with Crippen LogP contribution in [0.2, 0.25) is 0 Å². The van der Waals surface area contributed by atoms with Crippen molar-refractivity contribution in [3.63, 3.8) is 0 Å². The normalized spacial score (nSPS) is 11.3. The molecule has 0 radical (unpaired) electrons. The van der Waals surface area contributed by atoms with Gasteiger partial charge >= 0.3 is 17.9 Å². The summed E-state index contributed by atoms with van der Waals surface area (Å²) in [6.07, 6.45) is 2.71. The first-order valence-electron chi connectivity index (χ1n) is 27.4. The second kappa shape index (κ2) is 28.9. The third-order valence-corrected chi connectivity index (χ3v) is 18.3. The molecule has 0 aromatic heterocycles. The van der Waals surface area contributed by atoms with Gasteiger partial charge in [-0.3, -0.25) is 14.2 Å². The number of aryl methyl sites for hydroxylation is 7. The van der Waals surface area contributed by atoms with Crippen molar-refractivity contribution in [3.05, 3.63) is 298 Å². The van der Waals surface area contributed by atoms with Crippen molar-refractivity contribution in [2.45, 2.75) is 60.1 Å². The number of hydrogen-bond acceptors (Lipinski definition) is 9. The predicted octanol–water partition coefficient (Wildman–Crippen LogP) is 13.7. The standard InChI is InChI=1S/C25H21NO4S.C22H21NO4S.C21H17F2NO4S/c27-25(28)22-13-5-2-9-19(22)16-17-20-10-3-6-14-23(20)26-31(29,30)24-15-7-11-18-8-1-4-12-21(18)24;1-16-10-14-19(15-11-16)28(26,27)23-21-9-5-3-7-18(21)13-12-17-6-2-4-8-20(17)22(24)25;22-16-11-12-20(18(23)13-16)29(27,28)24-19-8-4-2-6-15(19)10-9-14-5-1-3-7-17(14)21(25)26/h1-15,26H,16-17H2,(H,27,28);2-11,14-15,23H,12-13H2,1H3,(H,24,25);1-8,11-13,24H,9-10H2,(H,25,26). The van der Waals surface area contributed by atoms with E-state index in [1.54, 1.807) is 152 Å². The molecule has 0 unspecified atom stereocenters. The molecule has 0 aliphatic carbocycles. The number of carboxylic acid groups (broad SMARTS) is 3. The molecule has 15 nitrogen and oxygen atoms in total. The highest BCUT2D eigenvalue weighted by Gasteiger charge is 2.23. The highest BCUT2D eigenvalue weighted by Crippen LogP contribution is 2.29. The minimum absolute atomic E-state index is 0.180. The van der Waals surface area contributed by atoms with Gasteiger partial charge in [-0.2, -0.15) is 0 Å². The van der Waals surface area contributed by atoms with Crippen molar-refractivity contribution in [2.75, 3.05) is 14.2 Å². The Labute approximate surface area is 508 Å². The minimum atomic E-state index is -4.27. The van der Waals surface area contributed by atoms with Crippen LogP contribution in [0.1, 0.15) is 70.0 Å². The van der Waals surface area contributed by atoms with Crippen LogP contribution in [0, 0.1) is 18.6 Å². The quantitative estimate of drug-likeness (QED) is 0.0393. The summed E-state index contributed by atoms with van der Waals surface area (Å²) in [5.41, 5.74) is 7.16. The Balaban J connectivity index is 0.000000171. The molecule has 0 saturated heterocycles. The largest absolute Gasteiger partial charge is 0.478 e. The van der Waals surface area contributed by atoms with Crippen molar-refractivity contribution in [1.29, 1.82) is 0 Å². The van der Waals surface area contributed by atoms with E-state index >= 15 is 0 Å². The molecule has 10 aromatic carbocycles. The zero-order valence-corrected chi connectivity index (χ0v) is 49.6. The van der Waals surface area contributed by atoms with Crippen LogP contribution in [-0.2, 0) is 68.6 Å². The van der Waals surface area contributed by atoms with Gasteiger partial charge in [0.25, 0.3) is 30.1 Å². The zero-order chi connectivity index (χ0) is 63.0. The van der Waals surface area contributed by atoms with E-state index in [0.29, 0.717) is 83.6 Å². The highest BCUT2D eigenvalue weighted by molar-refractivity contribution is 7.93. The van der Waals surface area contributed by atoms with E-state index < -0.39 is 64.5 Å². The molecule has 0 atom stereocenters. The van der Waals surface area contributed by atoms with Gasteiger partial charge in [0.05, 0.1) is 43.5 Å². The van der Waals surface area contributed by atoms with Gasteiger partial charge in [-0.1, -0.05) is 163 Å². The molecular formula is C68H59F2N3O12S3.